The highest BCUT2D eigenvalue weighted by molar-refractivity contribution is 5.89. The molecule has 1 saturated carbocycles. The number of aliphatic hydroxyl groups is 1. The molecule has 1 N–H and O–H groups in total. The third-order valence-corrected chi connectivity index (χ3v) is 3.48. The zero-order valence-corrected chi connectivity index (χ0v) is 9.87. The van der Waals surface area contributed by atoms with Gasteiger partial charge in [-0.25, -0.2) is 0 Å². The van der Waals surface area contributed by atoms with E-state index in [1.54, 1.807) is 6.07 Å². The van der Waals surface area contributed by atoms with Gasteiger partial charge < -0.3 is 9.67 Å². The van der Waals surface area contributed by atoms with E-state index in [2.05, 4.69) is 0 Å². The van der Waals surface area contributed by atoms with Gasteiger partial charge in [0.25, 0.3) is 5.69 Å². The summed E-state index contributed by atoms with van der Waals surface area (Å²) < 4.78 is 1.91. The number of rotatable bonds is 4. The van der Waals surface area contributed by atoms with Gasteiger partial charge in [-0.2, -0.15) is 0 Å². The van der Waals surface area contributed by atoms with Crippen molar-refractivity contribution in [2.24, 2.45) is 5.92 Å². The molecule has 1 heterocycles. The highest BCUT2D eigenvalue weighted by atomic mass is 16.6. The average molecular weight is 246 g/mol. The van der Waals surface area contributed by atoms with E-state index in [1.807, 2.05) is 16.7 Å². The predicted molar refractivity (Wildman–Crippen MR) is 67.2 cm³/mol. The molecule has 1 aliphatic rings. The summed E-state index contributed by atoms with van der Waals surface area (Å²) in [6.07, 6.45) is 2.34. The van der Waals surface area contributed by atoms with Crippen molar-refractivity contribution in [1.82, 2.24) is 4.57 Å². The fraction of sp³-hybridized carbons (Fsp3) is 0.385. The Morgan fingerprint density at radius 3 is 2.83 bits per heavy atom. The highest BCUT2D eigenvalue weighted by Crippen LogP contribution is 2.35. The van der Waals surface area contributed by atoms with Crippen LogP contribution in [0.5, 0.6) is 0 Å². The van der Waals surface area contributed by atoms with Crippen LogP contribution in [0.4, 0.5) is 5.69 Å². The molecule has 1 aromatic carbocycles. The van der Waals surface area contributed by atoms with Crippen molar-refractivity contribution in [3.63, 3.8) is 0 Å². The van der Waals surface area contributed by atoms with Crippen LogP contribution in [0, 0.1) is 16.0 Å². The smallest absolute Gasteiger partial charge is 0.293 e. The summed E-state index contributed by atoms with van der Waals surface area (Å²) in [5.41, 5.74) is 1.51. The van der Waals surface area contributed by atoms with Crippen molar-refractivity contribution in [2.45, 2.75) is 26.0 Å². The number of nitrogens with zero attached hydrogens (tertiary/aromatic N) is 2. The summed E-state index contributed by atoms with van der Waals surface area (Å²) in [6, 6.07) is 6.89. The summed E-state index contributed by atoms with van der Waals surface area (Å²) in [5, 5.41) is 21.3. The number of non-ortho nitro benzene ring substituents is 1. The molecule has 0 radical (unpaired) electrons. The van der Waals surface area contributed by atoms with Crippen LogP contribution in [-0.2, 0) is 13.2 Å². The summed E-state index contributed by atoms with van der Waals surface area (Å²) in [4.78, 5) is 10.7. The van der Waals surface area contributed by atoms with Gasteiger partial charge in [-0.05, 0) is 24.8 Å². The number of aliphatic hydroxyl groups excluding tert-OH is 1. The maximum atomic E-state index is 11.1. The molecule has 0 saturated heterocycles. The van der Waals surface area contributed by atoms with Crippen LogP contribution in [0.1, 0.15) is 18.5 Å². The van der Waals surface area contributed by atoms with Gasteiger partial charge >= 0.3 is 0 Å². The second-order valence-corrected chi connectivity index (χ2v) is 4.82. The summed E-state index contributed by atoms with van der Waals surface area (Å²) in [5.74, 6) is 0.603. The van der Waals surface area contributed by atoms with Crippen molar-refractivity contribution >= 4 is 16.6 Å². The SMILES string of the molecule is O=[N+]([O-])c1cccc2cc(CO)n(CC3CC3)c12. The molecule has 0 bridgehead atoms. The van der Waals surface area contributed by atoms with Crippen LogP contribution in [-0.4, -0.2) is 14.6 Å². The Hall–Kier alpha value is -1.88. The zero-order valence-electron chi connectivity index (χ0n) is 9.87. The van der Waals surface area contributed by atoms with Crippen molar-refractivity contribution < 1.29 is 10.0 Å². The Morgan fingerprint density at radius 2 is 2.22 bits per heavy atom. The molecule has 0 aliphatic heterocycles. The molecule has 5 nitrogen and oxygen atoms in total. The lowest BCUT2D eigenvalue weighted by Crippen LogP contribution is -2.05. The second-order valence-electron chi connectivity index (χ2n) is 4.82. The van der Waals surface area contributed by atoms with Gasteiger partial charge in [0.2, 0.25) is 0 Å². The third-order valence-electron chi connectivity index (χ3n) is 3.48. The van der Waals surface area contributed by atoms with Gasteiger partial charge in [0.15, 0.2) is 0 Å². The van der Waals surface area contributed by atoms with Gasteiger partial charge in [0.05, 0.1) is 11.5 Å². The van der Waals surface area contributed by atoms with Gasteiger partial charge in [-0.1, -0.05) is 12.1 Å². The Labute approximate surface area is 104 Å². The van der Waals surface area contributed by atoms with E-state index in [4.69, 9.17) is 0 Å². The molecule has 1 fully saturated rings. The fourth-order valence-electron chi connectivity index (χ4n) is 2.41. The molecule has 2 aromatic rings. The minimum atomic E-state index is -0.354. The zero-order chi connectivity index (χ0) is 12.7. The van der Waals surface area contributed by atoms with Crippen LogP contribution >= 0.6 is 0 Å². The van der Waals surface area contributed by atoms with E-state index in [0.29, 0.717) is 11.4 Å². The van der Waals surface area contributed by atoms with Crippen molar-refractivity contribution in [3.8, 4) is 0 Å². The van der Waals surface area contributed by atoms with Crippen LogP contribution in [0.2, 0.25) is 0 Å². The number of nitro groups is 1. The Bertz CT molecular complexity index is 614. The van der Waals surface area contributed by atoms with E-state index in [-0.39, 0.29) is 17.2 Å². The topological polar surface area (TPSA) is 68.3 Å². The van der Waals surface area contributed by atoms with E-state index >= 15 is 0 Å². The lowest BCUT2D eigenvalue weighted by Gasteiger charge is -2.08. The first-order valence-corrected chi connectivity index (χ1v) is 6.07. The first kappa shape index (κ1) is 11.2. The van der Waals surface area contributed by atoms with Gasteiger partial charge in [-0.3, -0.25) is 10.1 Å². The minimum absolute atomic E-state index is 0.0848. The number of para-hydroxylation sites is 1. The van der Waals surface area contributed by atoms with E-state index in [0.717, 1.165) is 17.6 Å². The highest BCUT2D eigenvalue weighted by Gasteiger charge is 2.26. The van der Waals surface area contributed by atoms with E-state index in [9.17, 15) is 15.2 Å². The Balaban J connectivity index is 2.23. The molecular formula is C13H14N2O3. The molecule has 5 heteroatoms. The van der Waals surface area contributed by atoms with Crippen molar-refractivity contribution in [3.05, 3.63) is 40.1 Å². The number of nitro benzene ring substituents is 1. The summed E-state index contributed by atoms with van der Waals surface area (Å²) >= 11 is 0. The standard InChI is InChI=1S/C13H14N2O3/c16-8-11-6-10-2-1-3-12(15(17)18)13(10)14(11)7-9-4-5-9/h1-3,6,9,16H,4-5,7-8H2. The Morgan fingerprint density at radius 1 is 1.44 bits per heavy atom. The summed E-state index contributed by atoms with van der Waals surface area (Å²) in [7, 11) is 0. The lowest BCUT2D eigenvalue weighted by molar-refractivity contribution is -0.383. The van der Waals surface area contributed by atoms with Crippen molar-refractivity contribution in [1.29, 1.82) is 0 Å². The van der Waals surface area contributed by atoms with Gasteiger partial charge in [-0.15, -0.1) is 0 Å². The van der Waals surface area contributed by atoms with Crippen LogP contribution in [0.15, 0.2) is 24.3 Å². The monoisotopic (exact) mass is 246 g/mol. The average Bonchev–Trinajstić information content (AvgIpc) is 3.10. The molecular weight excluding hydrogens is 232 g/mol. The quantitative estimate of drug-likeness (QED) is 0.665. The van der Waals surface area contributed by atoms with Crippen LogP contribution in [0.3, 0.4) is 0 Å². The third kappa shape index (κ3) is 1.76. The second kappa shape index (κ2) is 4.10. The number of hydrogen-bond donors (Lipinski definition) is 1. The fourth-order valence-corrected chi connectivity index (χ4v) is 2.41. The lowest BCUT2D eigenvalue weighted by atomic mass is 10.2. The van der Waals surface area contributed by atoms with Gasteiger partial charge in [0.1, 0.15) is 5.52 Å². The molecule has 0 spiro atoms. The molecule has 94 valence electrons. The first-order chi connectivity index (χ1) is 8.70. The van der Waals surface area contributed by atoms with Crippen LogP contribution in [0.25, 0.3) is 10.9 Å². The maximum Gasteiger partial charge on any atom is 0.293 e. The van der Waals surface area contributed by atoms with Crippen molar-refractivity contribution in [2.75, 3.05) is 0 Å². The van der Waals surface area contributed by atoms with E-state index in [1.165, 1.54) is 18.9 Å². The first-order valence-electron chi connectivity index (χ1n) is 6.07. The molecule has 0 amide bonds. The van der Waals surface area contributed by atoms with E-state index < -0.39 is 0 Å². The number of aromatic nitrogens is 1. The number of fused-ring (bicyclic) bond motifs is 1. The summed E-state index contributed by atoms with van der Waals surface area (Å²) in [6.45, 7) is 0.683. The predicted octanol–water partition coefficient (Wildman–Crippen LogP) is 2.45. The Kier molecular flexibility index (Phi) is 2.56. The minimum Gasteiger partial charge on any atom is -0.390 e. The molecule has 3 rings (SSSR count). The van der Waals surface area contributed by atoms with Gasteiger partial charge in [0, 0.05) is 23.7 Å². The normalized spacial score (nSPS) is 15.2. The molecule has 1 aliphatic carbocycles. The number of benzene rings is 1. The molecule has 1 aromatic heterocycles. The number of hydrogen-bond acceptors (Lipinski definition) is 3. The van der Waals surface area contributed by atoms with Crippen LogP contribution < -0.4 is 0 Å². The molecule has 0 unspecified atom stereocenters. The molecule has 18 heavy (non-hydrogen) atoms. The molecule has 0 atom stereocenters. The maximum absolute atomic E-state index is 11.1. The largest absolute Gasteiger partial charge is 0.390 e.